The van der Waals surface area contributed by atoms with E-state index in [-0.39, 0.29) is 37.3 Å². The number of aliphatic imine (C=N–C) groups is 1. The fraction of sp³-hybridized carbons (Fsp3) is 0.286. The molecule has 4 N–H and O–H groups in total. The van der Waals surface area contributed by atoms with Gasteiger partial charge >= 0.3 is 6.36 Å². The van der Waals surface area contributed by atoms with Gasteiger partial charge in [-0.25, -0.2) is 4.99 Å². The Balaban J connectivity index is 2.44. The third-order valence-corrected chi connectivity index (χ3v) is 2.41. The van der Waals surface area contributed by atoms with E-state index >= 15 is 0 Å². The summed E-state index contributed by atoms with van der Waals surface area (Å²) in [4.78, 5) is 15.2. The maximum Gasteiger partial charge on any atom is 0.573 e. The van der Waals surface area contributed by atoms with Gasteiger partial charge in [0.1, 0.15) is 5.75 Å². The van der Waals surface area contributed by atoms with Crippen molar-refractivity contribution in [3.05, 3.63) is 29.8 Å². The van der Waals surface area contributed by atoms with Crippen LogP contribution in [0, 0.1) is 12.3 Å². The first kappa shape index (κ1) is 18.2. The van der Waals surface area contributed by atoms with Crippen molar-refractivity contribution in [3.8, 4) is 18.1 Å². The summed E-state index contributed by atoms with van der Waals surface area (Å²) in [6.45, 7) is 0.163. The lowest BCUT2D eigenvalue weighted by Gasteiger charge is -2.09. The van der Waals surface area contributed by atoms with E-state index < -0.39 is 6.36 Å². The molecule has 0 radical (unpaired) electrons. The number of nitrogens with zero attached hydrogens (tertiary/aromatic N) is 1. The monoisotopic (exact) mass is 328 g/mol. The Morgan fingerprint density at radius 1 is 1.30 bits per heavy atom. The second-order valence-corrected chi connectivity index (χ2v) is 4.23. The average molecular weight is 328 g/mol. The van der Waals surface area contributed by atoms with E-state index in [1.165, 1.54) is 24.3 Å². The van der Waals surface area contributed by atoms with E-state index in [4.69, 9.17) is 12.2 Å². The normalized spacial score (nSPS) is 11.5. The molecule has 124 valence electrons. The van der Waals surface area contributed by atoms with Crippen molar-refractivity contribution in [2.24, 2.45) is 10.7 Å². The van der Waals surface area contributed by atoms with Crippen LogP contribution in [-0.4, -0.2) is 31.3 Å². The number of alkyl halides is 3. The van der Waals surface area contributed by atoms with Gasteiger partial charge in [0.15, 0.2) is 5.96 Å². The highest BCUT2D eigenvalue weighted by molar-refractivity contribution is 5.85. The molecule has 0 atom stereocenters. The Morgan fingerprint density at radius 2 is 1.96 bits per heavy atom. The highest BCUT2D eigenvalue weighted by Gasteiger charge is 2.30. The number of benzene rings is 1. The Labute approximate surface area is 130 Å². The number of nitrogens with one attached hydrogen (secondary N) is 2. The summed E-state index contributed by atoms with van der Waals surface area (Å²) < 4.78 is 39.8. The van der Waals surface area contributed by atoms with Gasteiger partial charge in [0, 0.05) is 0 Å². The molecular weight excluding hydrogens is 313 g/mol. The Kier molecular flexibility index (Phi) is 6.73. The summed E-state index contributed by atoms with van der Waals surface area (Å²) in [6, 6.07) is 5.21. The van der Waals surface area contributed by atoms with Crippen molar-refractivity contribution < 1.29 is 22.7 Å². The molecule has 23 heavy (non-hydrogen) atoms. The van der Waals surface area contributed by atoms with Crippen LogP contribution in [-0.2, 0) is 11.3 Å². The zero-order valence-corrected chi connectivity index (χ0v) is 12.0. The first-order valence-corrected chi connectivity index (χ1v) is 6.39. The van der Waals surface area contributed by atoms with Crippen LogP contribution in [0.2, 0.25) is 0 Å². The van der Waals surface area contributed by atoms with Crippen LogP contribution in [0.4, 0.5) is 13.2 Å². The van der Waals surface area contributed by atoms with Gasteiger partial charge in [0.05, 0.1) is 19.6 Å². The van der Waals surface area contributed by atoms with Crippen molar-refractivity contribution in [2.75, 3.05) is 13.1 Å². The highest BCUT2D eigenvalue weighted by atomic mass is 19.4. The van der Waals surface area contributed by atoms with Crippen molar-refractivity contribution >= 4 is 11.9 Å². The third kappa shape index (κ3) is 8.21. The van der Waals surface area contributed by atoms with Gasteiger partial charge in [0.2, 0.25) is 5.91 Å². The third-order valence-electron chi connectivity index (χ3n) is 2.41. The van der Waals surface area contributed by atoms with Crippen LogP contribution in [0.3, 0.4) is 0 Å². The van der Waals surface area contributed by atoms with Crippen molar-refractivity contribution in [2.45, 2.75) is 12.9 Å². The standard InChI is InChI=1S/C14H15F3N4O2/c1-2-7-19-12(22)9-21-13(18)20-8-10-3-5-11(6-4-10)23-14(15,16)17/h1,3-6H,7-9H2,(H,19,22)(H3,18,20,21). The molecule has 0 saturated heterocycles. The highest BCUT2D eigenvalue weighted by Crippen LogP contribution is 2.22. The molecule has 0 aliphatic rings. The molecule has 0 unspecified atom stereocenters. The zero-order chi connectivity index (χ0) is 17.3. The van der Waals surface area contributed by atoms with Gasteiger partial charge in [-0.2, -0.15) is 0 Å². The van der Waals surface area contributed by atoms with Gasteiger partial charge in [-0.15, -0.1) is 19.6 Å². The van der Waals surface area contributed by atoms with E-state index in [0.717, 1.165) is 0 Å². The summed E-state index contributed by atoms with van der Waals surface area (Å²) in [7, 11) is 0. The Hall–Kier alpha value is -2.89. The average Bonchev–Trinajstić information content (AvgIpc) is 2.48. The summed E-state index contributed by atoms with van der Waals surface area (Å²) in [5.41, 5.74) is 6.18. The molecule has 0 saturated carbocycles. The van der Waals surface area contributed by atoms with Crippen molar-refractivity contribution in [1.29, 1.82) is 0 Å². The molecule has 1 aromatic carbocycles. The molecule has 0 aliphatic heterocycles. The molecule has 1 rings (SSSR count). The van der Waals surface area contributed by atoms with Crippen LogP contribution in [0.1, 0.15) is 5.56 Å². The summed E-state index contributed by atoms with van der Waals surface area (Å²) >= 11 is 0. The molecule has 0 bridgehead atoms. The number of amides is 1. The number of nitrogens with two attached hydrogens (primary N) is 1. The summed E-state index contributed by atoms with van der Waals surface area (Å²) in [6.07, 6.45) is 0.256. The Morgan fingerprint density at radius 3 is 2.52 bits per heavy atom. The molecule has 0 spiro atoms. The molecule has 1 aromatic rings. The van der Waals surface area contributed by atoms with Gasteiger partial charge in [-0.3, -0.25) is 4.79 Å². The minimum Gasteiger partial charge on any atom is -0.406 e. The predicted octanol–water partition coefficient (Wildman–Crippen LogP) is 0.739. The fourth-order valence-corrected chi connectivity index (χ4v) is 1.41. The van der Waals surface area contributed by atoms with Gasteiger partial charge in [-0.05, 0) is 17.7 Å². The van der Waals surface area contributed by atoms with E-state index in [1.54, 1.807) is 0 Å². The quantitative estimate of drug-likeness (QED) is 0.408. The molecule has 0 fully saturated rings. The second-order valence-electron chi connectivity index (χ2n) is 4.23. The van der Waals surface area contributed by atoms with E-state index in [2.05, 4.69) is 26.3 Å². The number of hydrogen-bond donors (Lipinski definition) is 3. The van der Waals surface area contributed by atoms with Gasteiger partial charge < -0.3 is 21.1 Å². The van der Waals surface area contributed by atoms with E-state index in [1.807, 2.05) is 0 Å². The number of hydrogen-bond acceptors (Lipinski definition) is 3. The first-order valence-electron chi connectivity index (χ1n) is 6.39. The van der Waals surface area contributed by atoms with Crippen molar-refractivity contribution in [3.63, 3.8) is 0 Å². The van der Waals surface area contributed by atoms with E-state index in [0.29, 0.717) is 5.56 Å². The molecule has 6 nitrogen and oxygen atoms in total. The van der Waals surface area contributed by atoms with Crippen molar-refractivity contribution in [1.82, 2.24) is 10.6 Å². The zero-order valence-electron chi connectivity index (χ0n) is 12.0. The topological polar surface area (TPSA) is 88.7 Å². The lowest BCUT2D eigenvalue weighted by molar-refractivity contribution is -0.274. The van der Waals surface area contributed by atoms with Crippen LogP contribution in [0.5, 0.6) is 5.75 Å². The molecule has 0 aliphatic carbocycles. The lowest BCUT2D eigenvalue weighted by Crippen LogP contribution is -2.40. The van der Waals surface area contributed by atoms with Crippen LogP contribution in [0.25, 0.3) is 0 Å². The summed E-state index contributed by atoms with van der Waals surface area (Å²) in [5, 5.41) is 5.01. The SMILES string of the molecule is C#CCNC(=O)CNC(N)=NCc1ccc(OC(F)(F)F)cc1. The number of ether oxygens (including phenoxy) is 1. The number of carbonyl (C=O) groups is 1. The lowest BCUT2D eigenvalue weighted by atomic mass is 10.2. The smallest absolute Gasteiger partial charge is 0.406 e. The number of carbonyl (C=O) groups excluding carboxylic acids is 1. The number of terminal acetylenes is 1. The molecule has 0 aromatic heterocycles. The number of guanidine groups is 1. The first-order chi connectivity index (χ1) is 10.8. The number of rotatable bonds is 6. The largest absolute Gasteiger partial charge is 0.573 e. The maximum atomic E-state index is 12.0. The predicted molar refractivity (Wildman–Crippen MR) is 78.3 cm³/mol. The molecule has 0 heterocycles. The molecule has 1 amide bonds. The van der Waals surface area contributed by atoms with Crippen LogP contribution in [0.15, 0.2) is 29.3 Å². The fourth-order valence-electron chi connectivity index (χ4n) is 1.41. The van der Waals surface area contributed by atoms with Crippen LogP contribution >= 0.6 is 0 Å². The number of halogens is 3. The molecular formula is C14H15F3N4O2. The minimum absolute atomic E-state index is 0.0245. The Bertz CT molecular complexity index is 592. The summed E-state index contributed by atoms with van der Waals surface area (Å²) in [5.74, 6) is 1.62. The minimum atomic E-state index is -4.73. The van der Waals surface area contributed by atoms with E-state index in [9.17, 15) is 18.0 Å². The molecule has 9 heteroatoms. The van der Waals surface area contributed by atoms with Gasteiger partial charge in [0.25, 0.3) is 0 Å². The van der Waals surface area contributed by atoms with Crippen LogP contribution < -0.4 is 21.1 Å². The van der Waals surface area contributed by atoms with Gasteiger partial charge in [-0.1, -0.05) is 18.1 Å². The maximum absolute atomic E-state index is 12.0. The second kappa shape index (κ2) is 8.53.